The first kappa shape index (κ1) is 17.4. The molecule has 1 aromatic heterocycles. The minimum atomic E-state index is -0.338. The number of aromatic nitrogens is 2. The van der Waals surface area contributed by atoms with E-state index in [1.165, 1.54) is 15.7 Å². The van der Waals surface area contributed by atoms with E-state index in [1.807, 2.05) is 6.07 Å². The van der Waals surface area contributed by atoms with Crippen LogP contribution in [-0.4, -0.2) is 35.5 Å². The highest BCUT2D eigenvalue weighted by Gasteiger charge is 2.40. The lowest BCUT2D eigenvalue weighted by Crippen LogP contribution is -2.38. The van der Waals surface area contributed by atoms with Gasteiger partial charge >= 0.3 is 5.69 Å². The zero-order valence-corrected chi connectivity index (χ0v) is 15.9. The highest BCUT2D eigenvalue weighted by atomic mass is 16.5. The van der Waals surface area contributed by atoms with Crippen molar-refractivity contribution < 1.29 is 4.74 Å². The largest absolute Gasteiger partial charge is 0.496 e. The average Bonchev–Trinajstić information content (AvgIpc) is 3.34. The van der Waals surface area contributed by atoms with Crippen LogP contribution in [0.2, 0.25) is 0 Å². The molecule has 1 aliphatic carbocycles. The van der Waals surface area contributed by atoms with Crippen molar-refractivity contribution in [3.63, 3.8) is 0 Å². The number of hydrogen-bond acceptors (Lipinski definition) is 5. The Balaban J connectivity index is 1.42. The lowest BCUT2D eigenvalue weighted by Gasteiger charge is -2.32. The second kappa shape index (κ2) is 6.74. The maximum Gasteiger partial charge on any atom is 0.328 e. The van der Waals surface area contributed by atoms with E-state index in [1.54, 1.807) is 13.3 Å². The maximum absolute atomic E-state index is 12.6. The summed E-state index contributed by atoms with van der Waals surface area (Å²) in [6.07, 6.45) is 5.09. The molecule has 1 fully saturated rings. The van der Waals surface area contributed by atoms with Gasteiger partial charge in [-0.2, -0.15) is 0 Å². The van der Waals surface area contributed by atoms with E-state index in [0.29, 0.717) is 36.2 Å². The number of hydrogen-bond donors (Lipinski definition) is 2. The summed E-state index contributed by atoms with van der Waals surface area (Å²) in [6.45, 7) is 1.36. The molecule has 0 saturated carbocycles. The second-order valence-corrected chi connectivity index (χ2v) is 7.89. The molecule has 3 aliphatic rings. The number of fused-ring (bicyclic) bond motifs is 4. The molecule has 1 aromatic carbocycles. The highest BCUT2D eigenvalue weighted by Crippen LogP contribution is 2.45. The normalized spacial score (nSPS) is 24.7. The van der Waals surface area contributed by atoms with Crippen LogP contribution in [0.1, 0.15) is 35.6 Å². The van der Waals surface area contributed by atoms with E-state index in [9.17, 15) is 9.59 Å². The maximum atomic E-state index is 12.6. The summed E-state index contributed by atoms with van der Waals surface area (Å²) in [6, 6.07) is 6.53. The fourth-order valence-electron chi connectivity index (χ4n) is 5.19. The van der Waals surface area contributed by atoms with E-state index in [0.717, 1.165) is 31.6 Å². The Morgan fingerprint density at radius 2 is 2.21 bits per heavy atom. The Morgan fingerprint density at radius 1 is 1.32 bits per heavy atom. The van der Waals surface area contributed by atoms with Gasteiger partial charge in [0.15, 0.2) is 0 Å². The van der Waals surface area contributed by atoms with E-state index in [-0.39, 0.29) is 17.3 Å². The van der Waals surface area contributed by atoms with Gasteiger partial charge in [-0.05, 0) is 48.9 Å². The molecule has 3 atom stereocenters. The summed E-state index contributed by atoms with van der Waals surface area (Å²) in [4.78, 5) is 32.0. The molecule has 146 valence electrons. The van der Waals surface area contributed by atoms with Gasteiger partial charge in [0.1, 0.15) is 11.4 Å². The molecule has 7 nitrogen and oxygen atoms in total. The molecule has 2 aliphatic heterocycles. The molecule has 2 aromatic rings. The Kier molecular flexibility index (Phi) is 4.19. The number of aromatic amines is 1. The molecular weight excluding hydrogens is 356 g/mol. The fraction of sp³-hybridized carbons (Fsp3) is 0.476. The third kappa shape index (κ3) is 2.64. The first-order valence-corrected chi connectivity index (χ1v) is 9.95. The number of rotatable bonds is 4. The zero-order chi connectivity index (χ0) is 19.3. The molecule has 0 bridgehead atoms. The van der Waals surface area contributed by atoms with E-state index >= 15 is 0 Å². The zero-order valence-electron chi connectivity index (χ0n) is 15.9. The summed E-state index contributed by atoms with van der Waals surface area (Å²) in [5, 5.41) is 3.64. The van der Waals surface area contributed by atoms with E-state index in [4.69, 9.17) is 4.74 Å². The Hall–Kier alpha value is -2.67. The Morgan fingerprint density at radius 3 is 3.07 bits per heavy atom. The lowest BCUT2D eigenvalue weighted by molar-refractivity contribution is 0.370. The van der Waals surface area contributed by atoms with Crippen molar-refractivity contribution in [1.82, 2.24) is 14.9 Å². The monoisotopic (exact) mass is 380 g/mol. The molecule has 28 heavy (non-hydrogen) atoms. The predicted molar refractivity (Wildman–Crippen MR) is 107 cm³/mol. The van der Waals surface area contributed by atoms with Crippen molar-refractivity contribution in [3.05, 3.63) is 55.9 Å². The summed E-state index contributed by atoms with van der Waals surface area (Å²) in [7, 11) is 1.72. The van der Waals surface area contributed by atoms with Gasteiger partial charge in [-0.25, -0.2) is 4.79 Å². The quantitative estimate of drug-likeness (QED) is 0.842. The summed E-state index contributed by atoms with van der Waals surface area (Å²) in [5.74, 6) is 1.94. The van der Waals surface area contributed by atoms with Gasteiger partial charge in [-0.15, -0.1) is 0 Å². The van der Waals surface area contributed by atoms with Crippen molar-refractivity contribution >= 4 is 11.9 Å². The van der Waals surface area contributed by atoms with Gasteiger partial charge in [-0.1, -0.05) is 12.1 Å². The third-order valence-corrected chi connectivity index (χ3v) is 6.51. The minimum Gasteiger partial charge on any atom is -0.496 e. The van der Waals surface area contributed by atoms with Gasteiger partial charge in [-0.3, -0.25) is 14.4 Å². The first-order valence-electron chi connectivity index (χ1n) is 9.95. The SMILES string of the molecule is COc1cccc2c1CC[C@H]1CNC(CCn3c(=O)[nH]c4c(c3=O)N=CC4)[C@@H]21. The number of nitrogens with one attached hydrogen (secondary N) is 2. The van der Waals surface area contributed by atoms with Crippen molar-refractivity contribution in [3.8, 4) is 5.75 Å². The van der Waals surface area contributed by atoms with Gasteiger partial charge in [0.05, 0.1) is 12.8 Å². The van der Waals surface area contributed by atoms with Crippen LogP contribution in [0.3, 0.4) is 0 Å². The predicted octanol–water partition coefficient (Wildman–Crippen LogP) is 1.51. The number of aliphatic imine (C=N–C) groups is 1. The number of nitrogens with zero attached hydrogens (tertiary/aromatic N) is 2. The van der Waals surface area contributed by atoms with Gasteiger partial charge in [0, 0.05) is 31.1 Å². The van der Waals surface area contributed by atoms with Crippen LogP contribution in [0.5, 0.6) is 5.75 Å². The molecule has 2 N–H and O–H groups in total. The van der Waals surface area contributed by atoms with E-state index < -0.39 is 0 Å². The lowest BCUT2D eigenvalue weighted by atomic mass is 9.73. The topological polar surface area (TPSA) is 88.5 Å². The van der Waals surface area contributed by atoms with Crippen molar-refractivity contribution in [2.75, 3.05) is 13.7 Å². The first-order chi connectivity index (χ1) is 13.7. The average molecular weight is 380 g/mol. The van der Waals surface area contributed by atoms with Crippen LogP contribution in [-0.2, 0) is 19.4 Å². The van der Waals surface area contributed by atoms with Crippen LogP contribution in [0.4, 0.5) is 5.69 Å². The molecule has 5 rings (SSSR count). The van der Waals surface area contributed by atoms with Gasteiger partial charge < -0.3 is 15.0 Å². The third-order valence-electron chi connectivity index (χ3n) is 6.51. The molecule has 3 heterocycles. The van der Waals surface area contributed by atoms with Crippen LogP contribution >= 0.6 is 0 Å². The fourth-order valence-corrected chi connectivity index (χ4v) is 5.19. The molecule has 1 unspecified atom stereocenters. The number of H-pyrrole nitrogens is 1. The smallest absolute Gasteiger partial charge is 0.328 e. The van der Waals surface area contributed by atoms with Crippen LogP contribution in [0.25, 0.3) is 0 Å². The molecular formula is C21H24N4O3. The summed E-state index contributed by atoms with van der Waals surface area (Å²) in [5.41, 5.74) is 3.04. The molecule has 0 amide bonds. The van der Waals surface area contributed by atoms with Gasteiger partial charge in [0.2, 0.25) is 0 Å². The van der Waals surface area contributed by atoms with Crippen LogP contribution in [0, 0.1) is 5.92 Å². The highest BCUT2D eigenvalue weighted by molar-refractivity contribution is 5.73. The molecule has 0 radical (unpaired) electrons. The Labute approximate surface area is 162 Å². The molecule has 7 heteroatoms. The van der Waals surface area contributed by atoms with Crippen LogP contribution < -0.4 is 21.3 Å². The van der Waals surface area contributed by atoms with E-state index in [2.05, 4.69) is 27.4 Å². The van der Waals surface area contributed by atoms with Gasteiger partial charge in [0.25, 0.3) is 5.56 Å². The number of benzene rings is 1. The second-order valence-electron chi connectivity index (χ2n) is 7.89. The number of methoxy groups -OCH3 is 1. The standard InChI is InChI=1S/C21H24N4O3/c1-28-17-4-2-3-14-13(17)6-5-12-11-23-15(18(12)14)8-10-25-20(26)19-16(7-9-22-19)24-21(25)27/h2-4,9,12,15,18,23H,5-8,10-11H2,1H3,(H,24,27)/t12-,15?,18+/m0/s1. The minimum absolute atomic E-state index is 0.235. The summed E-state index contributed by atoms with van der Waals surface area (Å²) < 4.78 is 6.87. The van der Waals surface area contributed by atoms with Crippen molar-refractivity contribution in [2.24, 2.45) is 10.9 Å². The van der Waals surface area contributed by atoms with Crippen molar-refractivity contribution in [1.29, 1.82) is 0 Å². The number of ether oxygens (including phenoxy) is 1. The molecule has 1 saturated heterocycles. The Bertz CT molecular complexity index is 1070. The van der Waals surface area contributed by atoms with Crippen LogP contribution in [0.15, 0.2) is 32.8 Å². The van der Waals surface area contributed by atoms with Crippen molar-refractivity contribution in [2.45, 2.75) is 44.2 Å². The molecule has 0 spiro atoms. The summed E-state index contributed by atoms with van der Waals surface area (Å²) >= 11 is 0.